The van der Waals surface area contributed by atoms with Crippen LogP contribution in [0.2, 0.25) is 0 Å². The van der Waals surface area contributed by atoms with Crippen LogP contribution in [0.4, 0.5) is 13.2 Å². The minimum Gasteiger partial charge on any atom is -0.484 e. The number of alkyl halides is 3. The van der Waals surface area contributed by atoms with Crippen LogP contribution < -0.4 is 20.6 Å². The lowest BCUT2D eigenvalue weighted by atomic mass is 10.1. The Balaban J connectivity index is 2.05. The van der Waals surface area contributed by atoms with Crippen LogP contribution in [0.5, 0.6) is 11.8 Å². The molecule has 2 aromatic heterocycles. The summed E-state index contributed by atoms with van der Waals surface area (Å²) >= 11 is 0. The van der Waals surface area contributed by atoms with Crippen LogP contribution in [-0.4, -0.2) is 33.9 Å². The fourth-order valence-corrected chi connectivity index (χ4v) is 2.77. The molecule has 0 amide bonds. The zero-order valence-electron chi connectivity index (χ0n) is 16.1. The summed E-state index contributed by atoms with van der Waals surface area (Å²) in [7, 11) is 0. The number of hydrogen-bond acceptors (Lipinski definition) is 5. The van der Waals surface area contributed by atoms with Gasteiger partial charge in [-0.05, 0) is 44.2 Å². The molecule has 3 aromatic rings. The van der Waals surface area contributed by atoms with E-state index in [2.05, 4.69) is 14.7 Å². The van der Waals surface area contributed by atoms with Gasteiger partial charge in [0.15, 0.2) is 6.61 Å². The molecule has 0 unspecified atom stereocenters. The first-order valence-corrected chi connectivity index (χ1v) is 8.95. The van der Waals surface area contributed by atoms with E-state index >= 15 is 0 Å². The van der Waals surface area contributed by atoms with Gasteiger partial charge in [-0.15, -0.1) is 0 Å². The molecule has 1 aromatic carbocycles. The highest BCUT2D eigenvalue weighted by molar-refractivity contribution is 5.62. The molecule has 10 heteroatoms. The molecular formula is C20H18F3N3O4. The van der Waals surface area contributed by atoms with Crippen LogP contribution in [0.3, 0.4) is 0 Å². The average Bonchev–Trinajstić information content (AvgIpc) is 2.69. The standard InChI is InChI=1S/C20H18F3N3O4/c1-3-29-19-25-17(13-8-9-24-16(27)10-13)12(2)18(28)26(19)14-4-6-15(7-5-14)30-11-20(21,22)23/h4-10H,3,11H2,1-2H3,(H,24,27). The molecule has 7 nitrogen and oxygen atoms in total. The third-order valence-corrected chi connectivity index (χ3v) is 4.10. The fourth-order valence-electron chi connectivity index (χ4n) is 2.77. The molecule has 0 bridgehead atoms. The zero-order valence-corrected chi connectivity index (χ0v) is 16.1. The molecule has 1 N–H and O–H groups in total. The van der Waals surface area contributed by atoms with E-state index in [1.807, 2.05) is 0 Å². The predicted molar refractivity (Wildman–Crippen MR) is 103 cm³/mol. The second-order valence-electron chi connectivity index (χ2n) is 6.28. The molecule has 0 radical (unpaired) electrons. The van der Waals surface area contributed by atoms with Crippen LogP contribution in [0.1, 0.15) is 12.5 Å². The lowest BCUT2D eigenvalue weighted by molar-refractivity contribution is -0.153. The summed E-state index contributed by atoms with van der Waals surface area (Å²) < 4.78 is 48.3. The van der Waals surface area contributed by atoms with E-state index in [4.69, 9.17) is 4.74 Å². The number of hydrogen-bond donors (Lipinski definition) is 1. The topological polar surface area (TPSA) is 86.2 Å². The number of aromatic nitrogens is 3. The van der Waals surface area contributed by atoms with E-state index in [1.165, 1.54) is 41.1 Å². The normalized spacial score (nSPS) is 11.4. The SMILES string of the molecule is CCOc1nc(-c2cc[nH]c(=O)c2)c(C)c(=O)n1-c1ccc(OCC(F)(F)F)cc1. The van der Waals surface area contributed by atoms with Gasteiger partial charge in [-0.2, -0.15) is 18.2 Å². The first-order chi connectivity index (χ1) is 14.2. The summed E-state index contributed by atoms with van der Waals surface area (Å²) in [4.78, 5) is 31.6. The third-order valence-electron chi connectivity index (χ3n) is 4.10. The van der Waals surface area contributed by atoms with Crippen molar-refractivity contribution < 1.29 is 22.6 Å². The summed E-state index contributed by atoms with van der Waals surface area (Å²) in [6.45, 7) is 2.09. The highest BCUT2D eigenvalue weighted by Gasteiger charge is 2.28. The largest absolute Gasteiger partial charge is 0.484 e. The van der Waals surface area contributed by atoms with Gasteiger partial charge in [0.25, 0.3) is 5.56 Å². The number of ether oxygens (including phenoxy) is 2. The Hall–Kier alpha value is -3.56. The van der Waals surface area contributed by atoms with Crippen molar-refractivity contribution in [3.63, 3.8) is 0 Å². The Morgan fingerprint density at radius 1 is 1.10 bits per heavy atom. The maximum absolute atomic E-state index is 13.1. The lowest BCUT2D eigenvalue weighted by Crippen LogP contribution is -2.25. The highest BCUT2D eigenvalue weighted by atomic mass is 19.4. The molecule has 2 heterocycles. The molecule has 30 heavy (non-hydrogen) atoms. The number of aromatic amines is 1. The van der Waals surface area contributed by atoms with Crippen molar-refractivity contribution in [3.05, 3.63) is 68.9 Å². The Morgan fingerprint density at radius 3 is 2.40 bits per heavy atom. The Morgan fingerprint density at radius 2 is 1.80 bits per heavy atom. The second kappa shape index (κ2) is 8.44. The third kappa shape index (κ3) is 4.70. The predicted octanol–water partition coefficient (Wildman–Crippen LogP) is 3.24. The summed E-state index contributed by atoms with van der Waals surface area (Å²) in [5.74, 6) is 0.00639. The molecule has 0 aliphatic heterocycles. The molecule has 0 saturated carbocycles. The van der Waals surface area contributed by atoms with Gasteiger partial charge in [0.2, 0.25) is 5.56 Å². The number of benzene rings is 1. The van der Waals surface area contributed by atoms with Gasteiger partial charge < -0.3 is 14.5 Å². The maximum atomic E-state index is 13.1. The van der Waals surface area contributed by atoms with Gasteiger partial charge in [0, 0.05) is 23.4 Å². The molecule has 0 saturated heterocycles. The van der Waals surface area contributed by atoms with Gasteiger partial charge in [0.1, 0.15) is 5.75 Å². The molecule has 0 atom stereocenters. The molecule has 0 aliphatic rings. The minimum atomic E-state index is -4.45. The smallest absolute Gasteiger partial charge is 0.422 e. The van der Waals surface area contributed by atoms with E-state index in [1.54, 1.807) is 19.9 Å². The molecule has 158 valence electrons. The van der Waals surface area contributed by atoms with Gasteiger partial charge in [-0.1, -0.05) is 0 Å². The van der Waals surface area contributed by atoms with Crippen molar-refractivity contribution in [2.45, 2.75) is 20.0 Å². The van der Waals surface area contributed by atoms with Crippen LogP contribution in [-0.2, 0) is 0 Å². The summed E-state index contributed by atoms with van der Waals surface area (Å²) in [5, 5.41) is 0. The van der Waals surface area contributed by atoms with Crippen molar-refractivity contribution in [1.82, 2.24) is 14.5 Å². The average molecular weight is 421 g/mol. The lowest BCUT2D eigenvalue weighted by Gasteiger charge is -2.16. The van der Waals surface area contributed by atoms with Gasteiger partial charge in [-0.3, -0.25) is 9.59 Å². The van der Waals surface area contributed by atoms with Crippen LogP contribution in [0, 0.1) is 6.92 Å². The molecular weight excluding hydrogens is 403 g/mol. The van der Waals surface area contributed by atoms with Crippen LogP contribution in [0.15, 0.2) is 52.2 Å². The Kier molecular flexibility index (Phi) is 5.95. The van der Waals surface area contributed by atoms with Crippen molar-refractivity contribution >= 4 is 0 Å². The zero-order chi connectivity index (χ0) is 21.9. The van der Waals surface area contributed by atoms with E-state index in [-0.39, 0.29) is 29.5 Å². The number of rotatable bonds is 6. The van der Waals surface area contributed by atoms with Gasteiger partial charge >= 0.3 is 12.2 Å². The molecule has 0 fully saturated rings. The maximum Gasteiger partial charge on any atom is 0.422 e. The van der Waals surface area contributed by atoms with E-state index in [0.29, 0.717) is 16.9 Å². The first kappa shape index (κ1) is 21.2. The number of pyridine rings is 1. The van der Waals surface area contributed by atoms with Crippen molar-refractivity contribution in [3.8, 4) is 28.7 Å². The summed E-state index contributed by atoms with van der Waals surface area (Å²) in [6, 6.07) is 8.44. The number of halogens is 3. The number of nitrogens with zero attached hydrogens (tertiary/aromatic N) is 2. The summed E-state index contributed by atoms with van der Waals surface area (Å²) in [5.41, 5.74) is 0.601. The Labute approximate surface area is 168 Å². The first-order valence-electron chi connectivity index (χ1n) is 8.95. The quantitative estimate of drug-likeness (QED) is 0.661. The van der Waals surface area contributed by atoms with E-state index in [9.17, 15) is 22.8 Å². The monoisotopic (exact) mass is 421 g/mol. The minimum absolute atomic E-state index is 0.00639. The van der Waals surface area contributed by atoms with Crippen molar-refractivity contribution in [1.29, 1.82) is 0 Å². The van der Waals surface area contributed by atoms with Crippen molar-refractivity contribution in [2.24, 2.45) is 0 Å². The van der Waals surface area contributed by atoms with E-state index in [0.717, 1.165) is 0 Å². The fraction of sp³-hybridized carbons (Fsp3) is 0.250. The van der Waals surface area contributed by atoms with Crippen LogP contribution in [0.25, 0.3) is 16.9 Å². The Bertz CT molecular complexity index is 1150. The molecule has 3 rings (SSSR count). The highest BCUT2D eigenvalue weighted by Crippen LogP contribution is 2.24. The number of nitrogens with one attached hydrogen (secondary N) is 1. The second-order valence-corrected chi connectivity index (χ2v) is 6.28. The van der Waals surface area contributed by atoms with Gasteiger partial charge in [-0.25, -0.2) is 4.57 Å². The van der Waals surface area contributed by atoms with Crippen molar-refractivity contribution in [2.75, 3.05) is 13.2 Å². The molecule has 0 spiro atoms. The van der Waals surface area contributed by atoms with Crippen LogP contribution >= 0.6 is 0 Å². The number of H-pyrrole nitrogens is 1. The van der Waals surface area contributed by atoms with Gasteiger partial charge in [0.05, 0.1) is 18.0 Å². The van der Waals surface area contributed by atoms with E-state index < -0.39 is 18.3 Å². The summed E-state index contributed by atoms with van der Waals surface area (Å²) in [6.07, 6.45) is -3.00. The molecule has 0 aliphatic carbocycles.